The molecule has 1 saturated carbocycles. The maximum absolute atomic E-state index is 12.6. The minimum absolute atomic E-state index is 0.0443. The van der Waals surface area contributed by atoms with E-state index in [1.807, 2.05) is 7.05 Å². The van der Waals surface area contributed by atoms with E-state index < -0.39 is 0 Å². The summed E-state index contributed by atoms with van der Waals surface area (Å²) in [5, 5.41) is 11.2. The van der Waals surface area contributed by atoms with Gasteiger partial charge in [0.15, 0.2) is 0 Å². The van der Waals surface area contributed by atoms with Gasteiger partial charge >= 0.3 is 0 Å². The summed E-state index contributed by atoms with van der Waals surface area (Å²) in [7, 11) is 1.81. The quantitative estimate of drug-likeness (QED) is 0.493. The maximum atomic E-state index is 12.6. The molecule has 0 aliphatic heterocycles. The Balaban J connectivity index is 1.70. The second kappa shape index (κ2) is 6.03. The molecule has 8 nitrogen and oxygen atoms in total. The summed E-state index contributed by atoms with van der Waals surface area (Å²) in [5.74, 6) is -0.0443. The molecule has 0 bridgehead atoms. The van der Waals surface area contributed by atoms with Gasteiger partial charge < -0.3 is 4.90 Å². The Labute approximate surface area is 126 Å². The smallest absolute Gasteiger partial charge is 0.253 e. The monoisotopic (exact) mass is 300 g/mol. The number of carbonyl (C=O) groups is 1. The van der Waals surface area contributed by atoms with Gasteiger partial charge in [-0.2, -0.15) is 0 Å². The van der Waals surface area contributed by atoms with Crippen LogP contribution in [0.3, 0.4) is 0 Å². The zero-order valence-corrected chi connectivity index (χ0v) is 12.2. The zero-order valence-electron chi connectivity index (χ0n) is 12.2. The number of hydrogen-bond donors (Lipinski definition) is 0. The van der Waals surface area contributed by atoms with Crippen LogP contribution in [0.15, 0.2) is 27.9 Å². The highest BCUT2D eigenvalue weighted by Crippen LogP contribution is 2.26. The Morgan fingerprint density at radius 1 is 1.32 bits per heavy atom. The molecule has 0 spiro atoms. The van der Waals surface area contributed by atoms with Crippen molar-refractivity contribution in [3.63, 3.8) is 0 Å². The van der Waals surface area contributed by atoms with E-state index in [1.54, 1.807) is 23.1 Å². The summed E-state index contributed by atoms with van der Waals surface area (Å²) >= 11 is 0. The number of nitrogens with zero attached hydrogens (tertiary/aromatic N) is 6. The lowest BCUT2D eigenvalue weighted by molar-refractivity contribution is 0.0690. The standard InChI is InChI=1S/C14H16N6O2/c1-20(11-5-3-10(4-6-11)16-19-15)14(21)9-2-7-12-13(8-9)18-22-17-12/h2,7-8,10-11H,3-6H2,1H3. The van der Waals surface area contributed by atoms with E-state index in [-0.39, 0.29) is 18.0 Å². The van der Waals surface area contributed by atoms with Crippen LogP contribution in [-0.4, -0.2) is 40.3 Å². The summed E-state index contributed by atoms with van der Waals surface area (Å²) in [6.07, 6.45) is 3.33. The van der Waals surface area contributed by atoms with E-state index in [4.69, 9.17) is 5.53 Å². The van der Waals surface area contributed by atoms with Crippen molar-refractivity contribution in [3.8, 4) is 0 Å². The number of aromatic nitrogens is 2. The number of benzene rings is 1. The van der Waals surface area contributed by atoms with Gasteiger partial charge in [-0.1, -0.05) is 5.11 Å². The van der Waals surface area contributed by atoms with Crippen LogP contribution in [0.25, 0.3) is 21.5 Å². The first kappa shape index (κ1) is 14.3. The predicted octanol–water partition coefficient (Wildman–Crippen LogP) is 2.92. The minimum Gasteiger partial charge on any atom is -0.339 e. The zero-order chi connectivity index (χ0) is 15.5. The molecule has 1 heterocycles. The maximum Gasteiger partial charge on any atom is 0.253 e. The van der Waals surface area contributed by atoms with Crippen LogP contribution in [0.5, 0.6) is 0 Å². The van der Waals surface area contributed by atoms with Crippen molar-refractivity contribution < 1.29 is 9.42 Å². The molecule has 8 heteroatoms. The molecule has 2 aromatic rings. The van der Waals surface area contributed by atoms with Crippen LogP contribution >= 0.6 is 0 Å². The molecular formula is C14H16N6O2. The van der Waals surface area contributed by atoms with Crippen LogP contribution in [0.4, 0.5) is 0 Å². The van der Waals surface area contributed by atoms with E-state index in [9.17, 15) is 4.79 Å². The first-order valence-electron chi connectivity index (χ1n) is 7.22. The summed E-state index contributed by atoms with van der Waals surface area (Å²) in [6.45, 7) is 0. The summed E-state index contributed by atoms with van der Waals surface area (Å²) < 4.78 is 4.65. The summed E-state index contributed by atoms with van der Waals surface area (Å²) in [6, 6.07) is 5.38. The number of carbonyl (C=O) groups excluding carboxylic acids is 1. The van der Waals surface area contributed by atoms with E-state index in [2.05, 4.69) is 25.0 Å². The van der Waals surface area contributed by atoms with Crippen molar-refractivity contribution in [1.82, 2.24) is 15.2 Å². The Kier molecular flexibility index (Phi) is 3.93. The predicted molar refractivity (Wildman–Crippen MR) is 79.1 cm³/mol. The topological polar surface area (TPSA) is 108 Å². The van der Waals surface area contributed by atoms with Crippen LogP contribution in [0.2, 0.25) is 0 Å². The largest absolute Gasteiger partial charge is 0.339 e. The van der Waals surface area contributed by atoms with Crippen molar-refractivity contribution in [3.05, 3.63) is 34.2 Å². The first-order valence-corrected chi connectivity index (χ1v) is 7.22. The number of azide groups is 1. The van der Waals surface area contributed by atoms with Crippen molar-refractivity contribution in [1.29, 1.82) is 0 Å². The summed E-state index contributed by atoms with van der Waals surface area (Å²) in [5.41, 5.74) is 10.3. The fraction of sp³-hybridized carbons (Fsp3) is 0.500. The Hall–Kier alpha value is -2.60. The van der Waals surface area contributed by atoms with Crippen LogP contribution in [-0.2, 0) is 0 Å². The number of rotatable bonds is 3. The van der Waals surface area contributed by atoms with Gasteiger partial charge in [-0.05, 0) is 59.7 Å². The lowest BCUT2D eigenvalue weighted by Crippen LogP contribution is -2.40. The Morgan fingerprint density at radius 2 is 2.05 bits per heavy atom. The lowest BCUT2D eigenvalue weighted by Gasteiger charge is -2.33. The van der Waals surface area contributed by atoms with Gasteiger partial charge in [-0.25, -0.2) is 4.63 Å². The van der Waals surface area contributed by atoms with Gasteiger partial charge in [0.25, 0.3) is 5.91 Å². The van der Waals surface area contributed by atoms with E-state index in [0.29, 0.717) is 16.6 Å². The fourth-order valence-corrected chi connectivity index (χ4v) is 2.92. The normalized spacial score (nSPS) is 21.3. The van der Waals surface area contributed by atoms with E-state index in [1.165, 1.54) is 0 Å². The third-order valence-corrected chi connectivity index (χ3v) is 4.25. The number of fused-ring (bicyclic) bond motifs is 1. The molecule has 1 fully saturated rings. The number of hydrogen-bond acceptors (Lipinski definition) is 5. The molecule has 0 N–H and O–H groups in total. The van der Waals surface area contributed by atoms with Gasteiger partial charge in [0.1, 0.15) is 11.0 Å². The minimum atomic E-state index is -0.0443. The molecule has 1 amide bonds. The van der Waals surface area contributed by atoms with Crippen molar-refractivity contribution in [2.75, 3.05) is 7.05 Å². The molecule has 1 aliphatic carbocycles. The number of amides is 1. The van der Waals surface area contributed by atoms with Gasteiger partial charge in [-0.3, -0.25) is 4.79 Å². The van der Waals surface area contributed by atoms with Crippen LogP contribution < -0.4 is 0 Å². The van der Waals surface area contributed by atoms with E-state index >= 15 is 0 Å². The van der Waals surface area contributed by atoms with Crippen LogP contribution in [0, 0.1) is 0 Å². The molecule has 1 aromatic heterocycles. The van der Waals surface area contributed by atoms with Crippen molar-refractivity contribution in [2.24, 2.45) is 5.11 Å². The highest BCUT2D eigenvalue weighted by Gasteiger charge is 2.26. The van der Waals surface area contributed by atoms with Crippen LogP contribution in [0.1, 0.15) is 36.0 Å². The fourth-order valence-electron chi connectivity index (χ4n) is 2.92. The van der Waals surface area contributed by atoms with Gasteiger partial charge in [0.05, 0.1) is 0 Å². The highest BCUT2D eigenvalue weighted by atomic mass is 16.6. The first-order chi connectivity index (χ1) is 10.7. The Bertz CT molecular complexity index is 728. The third kappa shape index (κ3) is 2.73. The molecular weight excluding hydrogens is 284 g/mol. The highest BCUT2D eigenvalue weighted by molar-refractivity contribution is 5.97. The second-order valence-electron chi connectivity index (χ2n) is 5.55. The second-order valence-corrected chi connectivity index (χ2v) is 5.55. The average molecular weight is 300 g/mol. The summed E-state index contributed by atoms with van der Waals surface area (Å²) in [4.78, 5) is 17.2. The average Bonchev–Trinajstić information content (AvgIpc) is 3.02. The van der Waals surface area contributed by atoms with Gasteiger partial charge in [0.2, 0.25) is 0 Å². The molecule has 22 heavy (non-hydrogen) atoms. The molecule has 3 rings (SSSR count). The molecule has 0 unspecified atom stereocenters. The molecule has 1 aliphatic rings. The SMILES string of the molecule is CN(C(=O)c1ccc2nonc2c1)C1CCC(N=[N+]=[N-])CC1. The van der Waals surface area contributed by atoms with E-state index in [0.717, 1.165) is 25.7 Å². The van der Waals surface area contributed by atoms with Gasteiger partial charge in [-0.15, -0.1) is 0 Å². The lowest BCUT2D eigenvalue weighted by atomic mass is 9.90. The third-order valence-electron chi connectivity index (χ3n) is 4.25. The Morgan fingerprint density at radius 3 is 2.77 bits per heavy atom. The van der Waals surface area contributed by atoms with Crippen molar-refractivity contribution in [2.45, 2.75) is 37.8 Å². The molecule has 0 saturated heterocycles. The molecule has 114 valence electrons. The molecule has 0 radical (unpaired) electrons. The van der Waals surface area contributed by atoms with Gasteiger partial charge in [0, 0.05) is 29.6 Å². The molecule has 0 atom stereocenters. The van der Waals surface area contributed by atoms with Crippen molar-refractivity contribution >= 4 is 16.9 Å². The molecule has 1 aromatic carbocycles.